The van der Waals surface area contributed by atoms with Crippen LogP contribution in [0, 0.1) is 10.8 Å². The molecule has 6 heteroatoms. The fourth-order valence-electron chi connectivity index (χ4n) is 4.29. The number of rotatable bonds is 6. The monoisotopic (exact) mass is 490 g/mol. The molecule has 0 amide bonds. The summed E-state index contributed by atoms with van der Waals surface area (Å²) in [7, 11) is 0. The van der Waals surface area contributed by atoms with Crippen LogP contribution in [0.5, 0.6) is 0 Å². The van der Waals surface area contributed by atoms with E-state index < -0.39 is 22.9 Å². The second kappa shape index (κ2) is 8.64. The van der Waals surface area contributed by atoms with Gasteiger partial charge < -0.3 is 4.74 Å². The Morgan fingerprint density at radius 3 is 2.13 bits per heavy atom. The van der Waals surface area contributed by atoms with Crippen LogP contribution in [0.2, 0.25) is 5.02 Å². The van der Waals surface area contributed by atoms with Gasteiger partial charge in [0.2, 0.25) is 0 Å². The van der Waals surface area contributed by atoms with Gasteiger partial charge in [-0.05, 0) is 61.7 Å². The first-order chi connectivity index (χ1) is 14.2. The summed E-state index contributed by atoms with van der Waals surface area (Å²) in [5.41, 5.74) is -1.24. The molecule has 0 radical (unpaired) electrons. The van der Waals surface area contributed by atoms with Gasteiger partial charge in [-0.2, -0.15) is 0 Å². The third-order valence-electron chi connectivity index (χ3n) is 6.25. The lowest BCUT2D eigenvalue weighted by Crippen LogP contribution is -2.56. The Hall–Kier alpha value is -1.98. The molecule has 0 saturated carbocycles. The summed E-state index contributed by atoms with van der Waals surface area (Å²) < 4.78 is 6.80. The quantitative estimate of drug-likeness (QED) is 0.268. The normalized spacial score (nSPS) is 23.2. The lowest BCUT2D eigenvalue weighted by atomic mass is 9.60. The fourth-order valence-corrected chi connectivity index (χ4v) is 4.68. The first-order valence-corrected chi connectivity index (χ1v) is 11.1. The summed E-state index contributed by atoms with van der Waals surface area (Å²) in [4.78, 5) is 39.8. The van der Waals surface area contributed by atoms with Crippen molar-refractivity contribution in [2.75, 3.05) is 0 Å². The SMILES string of the molecule is CCC1(CC)C(=O)[C@](C)(CC(=O)c2ccc(Cl)cc2)C(=O)O[C@H]1c1ccc(Br)cc1. The van der Waals surface area contributed by atoms with Gasteiger partial charge in [-0.3, -0.25) is 14.4 Å². The van der Waals surface area contributed by atoms with Crippen molar-refractivity contribution in [2.45, 2.75) is 46.1 Å². The molecule has 30 heavy (non-hydrogen) atoms. The molecule has 2 atom stereocenters. The molecule has 158 valence electrons. The second-order valence-electron chi connectivity index (χ2n) is 7.97. The van der Waals surface area contributed by atoms with Crippen molar-refractivity contribution in [3.63, 3.8) is 0 Å². The maximum atomic E-state index is 13.8. The smallest absolute Gasteiger partial charge is 0.320 e. The van der Waals surface area contributed by atoms with Gasteiger partial charge in [0, 0.05) is 21.5 Å². The zero-order chi connectivity index (χ0) is 22.1. The highest BCUT2D eigenvalue weighted by molar-refractivity contribution is 9.10. The summed E-state index contributed by atoms with van der Waals surface area (Å²) in [5, 5.41) is 0.513. The number of esters is 1. The molecule has 1 saturated heterocycles. The Bertz CT molecular complexity index is 964. The van der Waals surface area contributed by atoms with E-state index in [-0.39, 0.29) is 18.0 Å². The molecule has 0 unspecified atom stereocenters. The number of carbonyl (C=O) groups is 3. The third kappa shape index (κ3) is 3.85. The highest BCUT2D eigenvalue weighted by Gasteiger charge is 2.61. The number of ether oxygens (including phenoxy) is 1. The summed E-state index contributed by atoms with van der Waals surface area (Å²) in [6.07, 6.45) is 0.0859. The van der Waals surface area contributed by atoms with Crippen molar-refractivity contribution in [1.29, 1.82) is 0 Å². The number of carbonyl (C=O) groups excluding carboxylic acids is 3. The summed E-state index contributed by atoms with van der Waals surface area (Å²) in [6, 6.07) is 13.9. The average molecular weight is 492 g/mol. The molecule has 1 aliphatic rings. The van der Waals surface area contributed by atoms with Gasteiger partial charge in [0.05, 0.1) is 5.41 Å². The van der Waals surface area contributed by atoms with Gasteiger partial charge in [-0.25, -0.2) is 0 Å². The predicted molar refractivity (Wildman–Crippen MR) is 120 cm³/mol. The van der Waals surface area contributed by atoms with Crippen LogP contribution in [-0.2, 0) is 14.3 Å². The lowest BCUT2D eigenvalue weighted by Gasteiger charge is -2.47. The Morgan fingerprint density at radius 2 is 1.60 bits per heavy atom. The Morgan fingerprint density at radius 1 is 1.03 bits per heavy atom. The van der Waals surface area contributed by atoms with Crippen molar-refractivity contribution in [3.05, 3.63) is 69.2 Å². The molecule has 1 heterocycles. The minimum absolute atomic E-state index is 0.230. The van der Waals surface area contributed by atoms with Crippen LogP contribution in [0.1, 0.15) is 62.1 Å². The van der Waals surface area contributed by atoms with E-state index in [1.807, 2.05) is 38.1 Å². The maximum absolute atomic E-state index is 13.8. The van der Waals surface area contributed by atoms with Gasteiger partial charge in [-0.1, -0.05) is 53.5 Å². The average Bonchev–Trinajstić information content (AvgIpc) is 2.74. The minimum Gasteiger partial charge on any atom is -0.456 e. The predicted octanol–water partition coefficient (Wildman–Crippen LogP) is 6.36. The minimum atomic E-state index is -1.53. The number of hydrogen-bond donors (Lipinski definition) is 0. The molecule has 3 rings (SSSR count). The van der Waals surface area contributed by atoms with Crippen LogP contribution in [-0.4, -0.2) is 17.5 Å². The van der Waals surface area contributed by atoms with Gasteiger partial charge >= 0.3 is 5.97 Å². The molecule has 0 aromatic heterocycles. The zero-order valence-electron chi connectivity index (χ0n) is 17.2. The lowest BCUT2D eigenvalue weighted by molar-refractivity contribution is -0.191. The van der Waals surface area contributed by atoms with Crippen LogP contribution in [0.25, 0.3) is 0 Å². The fraction of sp³-hybridized carbons (Fsp3) is 0.375. The van der Waals surface area contributed by atoms with Crippen molar-refractivity contribution in [2.24, 2.45) is 10.8 Å². The van der Waals surface area contributed by atoms with E-state index in [0.717, 1.165) is 10.0 Å². The summed E-state index contributed by atoms with van der Waals surface area (Å²) >= 11 is 9.31. The largest absolute Gasteiger partial charge is 0.456 e. The Balaban J connectivity index is 1.98. The van der Waals surface area contributed by atoms with Crippen molar-refractivity contribution >= 4 is 45.1 Å². The number of Topliss-reactive ketones (excluding diaryl/α,β-unsaturated/α-hetero) is 2. The van der Waals surface area contributed by atoms with Crippen LogP contribution in [0.4, 0.5) is 0 Å². The van der Waals surface area contributed by atoms with E-state index in [9.17, 15) is 14.4 Å². The molecule has 1 fully saturated rings. The number of hydrogen-bond acceptors (Lipinski definition) is 4. The van der Waals surface area contributed by atoms with E-state index >= 15 is 0 Å². The third-order valence-corrected chi connectivity index (χ3v) is 7.03. The van der Waals surface area contributed by atoms with Crippen molar-refractivity contribution in [1.82, 2.24) is 0 Å². The standard InChI is InChI=1S/C24H24BrClO4/c1-4-24(5-2)20(16-6-10-17(25)11-7-16)30-22(29)23(3,21(24)28)14-19(27)15-8-12-18(26)13-9-15/h6-13,20H,4-5,14H2,1-3H3/t20-,23-/m0/s1. The first-order valence-electron chi connectivity index (χ1n) is 9.98. The van der Waals surface area contributed by atoms with Crippen LogP contribution in [0.3, 0.4) is 0 Å². The van der Waals surface area contributed by atoms with E-state index in [1.165, 1.54) is 6.92 Å². The van der Waals surface area contributed by atoms with Crippen molar-refractivity contribution in [3.8, 4) is 0 Å². The summed E-state index contributed by atoms with van der Waals surface area (Å²) in [5.74, 6) is -1.17. The molecule has 4 nitrogen and oxygen atoms in total. The van der Waals surface area contributed by atoms with Crippen LogP contribution >= 0.6 is 27.5 Å². The summed E-state index contributed by atoms with van der Waals surface area (Å²) in [6.45, 7) is 5.38. The van der Waals surface area contributed by atoms with Crippen molar-refractivity contribution < 1.29 is 19.1 Å². The maximum Gasteiger partial charge on any atom is 0.320 e. The van der Waals surface area contributed by atoms with Crippen LogP contribution < -0.4 is 0 Å². The highest BCUT2D eigenvalue weighted by Crippen LogP contribution is 2.53. The molecule has 0 aliphatic carbocycles. The molecular formula is C24H24BrClO4. The van der Waals surface area contributed by atoms with Gasteiger partial charge in [0.25, 0.3) is 0 Å². The van der Waals surface area contributed by atoms with Gasteiger partial charge in [0.15, 0.2) is 11.6 Å². The zero-order valence-corrected chi connectivity index (χ0v) is 19.5. The topological polar surface area (TPSA) is 60.4 Å². The highest BCUT2D eigenvalue weighted by atomic mass is 79.9. The molecule has 0 spiro atoms. The molecule has 0 bridgehead atoms. The molecule has 2 aromatic rings. The Labute approximate surface area is 190 Å². The van der Waals surface area contributed by atoms with E-state index in [1.54, 1.807) is 24.3 Å². The molecule has 2 aromatic carbocycles. The number of halogens is 2. The van der Waals surface area contributed by atoms with Crippen LogP contribution in [0.15, 0.2) is 53.0 Å². The van der Waals surface area contributed by atoms with Gasteiger partial charge in [-0.15, -0.1) is 0 Å². The molecule has 0 N–H and O–H groups in total. The Kier molecular flexibility index (Phi) is 6.54. The second-order valence-corrected chi connectivity index (χ2v) is 9.32. The molecule has 1 aliphatic heterocycles. The van der Waals surface area contributed by atoms with E-state index in [2.05, 4.69) is 15.9 Å². The number of ketones is 2. The van der Waals surface area contributed by atoms with E-state index in [4.69, 9.17) is 16.3 Å². The van der Waals surface area contributed by atoms with Gasteiger partial charge in [0.1, 0.15) is 11.5 Å². The van der Waals surface area contributed by atoms with E-state index in [0.29, 0.717) is 23.4 Å². The number of benzene rings is 2. The first kappa shape index (κ1) is 22.7. The molecular weight excluding hydrogens is 468 g/mol. The number of cyclic esters (lactones) is 1.